The number of thiophene rings is 1. The third kappa shape index (κ3) is 4.56. The Morgan fingerprint density at radius 2 is 2.26 bits per heavy atom. The van der Waals surface area contributed by atoms with E-state index >= 15 is 0 Å². The molecule has 0 aliphatic heterocycles. The van der Waals surface area contributed by atoms with E-state index in [2.05, 4.69) is 11.9 Å². The Bertz CT molecular complexity index is 726. The summed E-state index contributed by atoms with van der Waals surface area (Å²) >= 11 is 7.58. The highest BCUT2D eigenvalue weighted by Gasteiger charge is 2.21. The Balaban J connectivity index is 2.08. The van der Waals surface area contributed by atoms with Crippen LogP contribution >= 0.6 is 22.9 Å². The third-order valence-corrected chi connectivity index (χ3v) is 4.52. The largest absolute Gasteiger partial charge is 0.464 e. The second kappa shape index (κ2) is 8.13. The van der Waals surface area contributed by atoms with Crippen molar-refractivity contribution in [2.24, 2.45) is 0 Å². The van der Waals surface area contributed by atoms with Crippen LogP contribution in [-0.2, 0) is 20.7 Å². The van der Waals surface area contributed by atoms with E-state index in [0.717, 1.165) is 15.6 Å². The molecule has 0 spiro atoms. The molecular formula is C17H18ClNO3S. The highest BCUT2D eigenvalue weighted by Crippen LogP contribution is 2.28. The number of ether oxygens (including phenoxy) is 1. The number of nitrogens with one attached hydrogen (secondary N) is 1. The molecule has 23 heavy (non-hydrogen) atoms. The van der Waals surface area contributed by atoms with Gasteiger partial charge in [0.15, 0.2) is 0 Å². The van der Waals surface area contributed by atoms with Gasteiger partial charge < -0.3 is 10.1 Å². The van der Waals surface area contributed by atoms with Gasteiger partial charge in [-0.05, 0) is 47.9 Å². The van der Waals surface area contributed by atoms with Crippen LogP contribution in [0.2, 0.25) is 5.02 Å². The monoisotopic (exact) mass is 351 g/mol. The number of rotatable bonds is 7. The molecule has 1 atom stereocenters. The van der Waals surface area contributed by atoms with Gasteiger partial charge in [0.05, 0.1) is 13.0 Å². The maximum Gasteiger partial charge on any atom is 0.328 e. The lowest BCUT2D eigenvalue weighted by molar-refractivity contribution is -0.147. The maximum atomic E-state index is 12.3. The minimum atomic E-state index is -0.701. The van der Waals surface area contributed by atoms with Gasteiger partial charge >= 0.3 is 5.97 Å². The van der Waals surface area contributed by atoms with Crippen LogP contribution in [0.1, 0.15) is 18.9 Å². The molecule has 0 aliphatic rings. The summed E-state index contributed by atoms with van der Waals surface area (Å²) in [7, 11) is 0. The number of halogens is 1. The molecule has 1 aromatic carbocycles. The topological polar surface area (TPSA) is 55.4 Å². The highest BCUT2D eigenvalue weighted by molar-refractivity contribution is 7.17. The molecule has 0 radical (unpaired) electrons. The quantitative estimate of drug-likeness (QED) is 0.611. The van der Waals surface area contributed by atoms with Crippen LogP contribution < -0.4 is 5.32 Å². The first-order chi connectivity index (χ1) is 11.0. The molecule has 1 amide bonds. The van der Waals surface area contributed by atoms with E-state index in [9.17, 15) is 9.59 Å². The van der Waals surface area contributed by atoms with E-state index in [1.165, 1.54) is 0 Å². The summed E-state index contributed by atoms with van der Waals surface area (Å²) in [5.41, 5.74) is 0.895. The number of benzene rings is 1. The number of fused-ring (bicyclic) bond motifs is 1. The molecule has 0 saturated heterocycles. The van der Waals surface area contributed by atoms with Gasteiger partial charge in [-0.1, -0.05) is 17.7 Å². The first kappa shape index (κ1) is 17.5. The van der Waals surface area contributed by atoms with Gasteiger partial charge in [-0.25, -0.2) is 4.79 Å². The number of carbonyl (C=O) groups is 2. The molecule has 0 saturated carbocycles. The molecule has 1 N–H and O–H groups in total. The van der Waals surface area contributed by atoms with E-state index in [-0.39, 0.29) is 18.9 Å². The molecule has 122 valence electrons. The predicted molar refractivity (Wildman–Crippen MR) is 93.9 cm³/mol. The van der Waals surface area contributed by atoms with Crippen molar-refractivity contribution in [3.63, 3.8) is 0 Å². The van der Waals surface area contributed by atoms with E-state index in [1.807, 2.05) is 23.6 Å². The van der Waals surface area contributed by atoms with Crippen LogP contribution in [0, 0.1) is 0 Å². The van der Waals surface area contributed by atoms with Crippen molar-refractivity contribution in [1.29, 1.82) is 0 Å². The van der Waals surface area contributed by atoms with Crippen LogP contribution in [0.5, 0.6) is 0 Å². The highest BCUT2D eigenvalue weighted by atomic mass is 35.5. The van der Waals surface area contributed by atoms with Crippen LogP contribution in [-0.4, -0.2) is 24.5 Å². The summed E-state index contributed by atoms with van der Waals surface area (Å²) in [5.74, 6) is -0.677. The van der Waals surface area contributed by atoms with Gasteiger partial charge in [0.1, 0.15) is 6.04 Å². The number of carbonyl (C=O) groups excluding carboxylic acids is 2. The fraction of sp³-hybridized carbons (Fsp3) is 0.294. The van der Waals surface area contributed by atoms with Crippen LogP contribution in [0.3, 0.4) is 0 Å². The van der Waals surface area contributed by atoms with Gasteiger partial charge in [0, 0.05) is 9.72 Å². The van der Waals surface area contributed by atoms with Gasteiger partial charge in [-0.15, -0.1) is 17.9 Å². The summed E-state index contributed by atoms with van der Waals surface area (Å²) in [5, 5.41) is 6.24. The molecule has 0 fully saturated rings. The first-order valence-electron chi connectivity index (χ1n) is 7.27. The Morgan fingerprint density at radius 3 is 2.96 bits per heavy atom. The standard InChI is InChI=1S/C17H18ClNO3S/c1-3-5-14(17(21)22-4-2)19-16(20)8-11-10-23-15-7-6-12(18)9-13(11)15/h3,6-7,9-10,14H,1,4-5,8H2,2H3,(H,19,20). The van der Waals surface area contributed by atoms with Crippen molar-refractivity contribution in [2.45, 2.75) is 25.8 Å². The minimum absolute atomic E-state index is 0.188. The zero-order valence-corrected chi connectivity index (χ0v) is 14.4. The SMILES string of the molecule is C=CCC(NC(=O)Cc1csc2ccc(Cl)cc12)C(=O)OCC. The molecule has 6 heteroatoms. The Hall–Kier alpha value is -1.85. The lowest BCUT2D eigenvalue weighted by Crippen LogP contribution is -2.42. The van der Waals surface area contributed by atoms with Gasteiger partial charge in [0.25, 0.3) is 0 Å². The molecule has 1 unspecified atom stereocenters. The number of amides is 1. The lowest BCUT2D eigenvalue weighted by atomic mass is 10.1. The van der Waals surface area contributed by atoms with Gasteiger partial charge in [-0.3, -0.25) is 4.79 Å². The van der Waals surface area contributed by atoms with Crippen LogP contribution in [0.4, 0.5) is 0 Å². The lowest BCUT2D eigenvalue weighted by Gasteiger charge is -2.15. The Morgan fingerprint density at radius 1 is 1.48 bits per heavy atom. The summed E-state index contributed by atoms with van der Waals surface area (Å²) in [6.45, 7) is 5.61. The second-order valence-corrected chi connectivity index (χ2v) is 6.32. The van der Waals surface area contributed by atoms with Gasteiger partial charge in [0.2, 0.25) is 5.91 Å². The predicted octanol–water partition coefficient (Wildman–Crippen LogP) is 3.72. The fourth-order valence-electron chi connectivity index (χ4n) is 2.23. The Labute approximate surface area is 144 Å². The average molecular weight is 352 g/mol. The number of hydrogen-bond donors (Lipinski definition) is 1. The fourth-order valence-corrected chi connectivity index (χ4v) is 3.35. The Kier molecular flexibility index (Phi) is 6.19. The number of esters is 1. The van der Waals surface area contributed by atoms with Crippen molar-refractivity contribution < 1.29 is 14.3 Å². The zero-order chi connectivity index (χ0) is 16.8. The smallest absolute Gasteiger partial charge is 0.328 e. The molecule has 4 nitrogen and oxygen atoms in total. The molecular weight excluding hydrogens is 334 g/mol. The van der Waals surface area contributed by atoms with Crippen molar-refractivity contribution in [2.75, 3.05) is 6.61 Å². The average Bonchev–Trinajstić information content (AvgIpc) is 2.89. The van der Waals surface area contributed by atoms with Crippen molar-refractivity contribution in [3.8, 4) is 0 Å². The maximum absolute atomic E-state index is 12.3. The van der Waals surface area contributed by atoms with E-state index < -0.39 is 12.0 Å². The zero-order valence-electron chi connectivity index (χ0n) is 12.8. The normalized spacial score (nSPS) is 11.9. The molecule has 2 aromatic rings. The minimum Gasteiger partial charge on any atom is -0.464 e. The van der Waals surface area contributed by atoms with Gasteiger partial charge in [-0.2, -0.15) is 0 Å². The van der Waals surface area contributed by atoms with E-state index in [0.29, 0.717) is 11.4 Å². The molecule has 1 heterocycles. The van der Waals surface area contributed by atoms with Crippen molar-refractivity contribution in [1.82, 2.24) is 5.32 Å². The molecule has 0 aliphatic carbocycles. The molecule has 0 bridgehead atoms. The van der Waals surface area contributed by atoms with Crippen molar-refractivity contribution in [3.05, 3.63) is 46.8 Å². The van der Waals surface area contributed by atoms with Crippen LogP contribution in [0.15, 0.2) is 36.2 Å². The summed E-state index contributed by atoms with van der Waals surface area (Å²) in [4.78, 5) is 24.1. The third-order valence-electron chi connectivity index (χ3n) is 3.28. The summed E-state index contributed by atoms with van der Waals surface area (Å²) in [6, 6.07) is 4.91. The second-order valence-electron chi connectivity index (χ2n) is 4.97. The van der Waals surface area contributed by atoms with Crippen molar-refractivity contribution >= 4 is 44.9 Å². The first-order valence-corrected chi connectivity index (χ1v) is 8.53. The summed E-state index contributed by atoms with van der Waals surface area (Å²) in [6.07, 6.45) is 2.11. The van der Waals surface area contributed by atoms with E-state index in [1.54, 1.807) is 24.3 Å². The molecule has 2 rings (SSSR count). The summed E-state index contributed by atoms with van der Waals surface area (Å²) < 4.78 is 6.04. The molecule has 1 aromatic heterocycles. The van der Waals surface area contributed by atoms with E-state index in [4.69, 9.17) is 16.3 Å². The van der Waals surface area contributed by atoms with Crippen LogP contribution in [0.25, 0.3) is 10.1 Å². The number of hydrogen-bond acceptors (Lipinski definition) is 4.